The molecule has 1 aromatic heterocycles. The Morgan fingerprint density at radius 2 is 2.18 bits per heavy atom. The van der Waals surface area contributed by atoms with Gasteiger partial charge in [0.1, 0.15) is 5.54 Å². The van der Waals surface area contributed by atoms with E-state index < -0.39 is 5.54 Å². The first-order chi connectivity index (χ1) is 10.6. The summed E-state index contributed by atoms with van der Waals surface area (Å²) in [6.45, 7) is 5.67. The second-order valence-corrected chi connectivity index (χ2v) is 5.60. The SMILES string of the molecule is CCOC(=O)C(C)CNC(=O)C1(n2cccn2)CCNCC1. The highest BCUT2D eigenvalue weighted by Crippen LogP contribution is 2.27. The minimum absolute atomic E-state index is 0.0890. The number of amides is 1. The van der Waals surface area contributed by atoms with Crippen LogP contribution in [0.3, 0.4) is 0 Å². The first kappa shape index (κ1) is 16.5. The second kappa shape index (κ2) is 7.40. The van der Waals surface area contributed by atoms with E-state index >= 15 is 0 Å². The maximum atomic E-state index is 12.8. The van der Waals surface area contributed by atoms with Crippen molar-refractivity contribution < 1.29 is 14.3 Å². The van der Waals surface area contributed by atoms with Crippen LogP contribution in [0.2, 0.25) is 0 Å². The van der Waals surface area contributed by atoms with Gasteiger partial charge in [-0.1, -0.05) is 6.92 Å². The number of hydrogen-bond acceptors (Lipinski definition) is 5. The fourth-order valence-corrected chi connectivity index (χ4v) is 2.70. The summed E-state index contributed by atoms with van der Waals surface area (Å²) in [5, 5.41) is 10.4. The smallest absolute Gasteiger partial charge is 0.310 e. The van der Waals surface area contributed by atoms with Gasteiger partial charge in [0.25, 0.3) is 0 Å². The molecule has 1 aromatic rings. The van der Waals surface area contributed by atoms with Crippen LogP contribution in [0.1, 0.15) is 26.7 Å². The van der Waals surface area contributed by atoms with Gasteiger partial charge in [0.2, 0.25) is 5.91 Å². The zero-order valence-corrected chi connectivity index (χ0v) is 13.2. The summed E-state index contributed by atoms with van der Waals surface area (Å²) in [4.78, 5) is 24.4. The van der Waals surface area contributed by atoms with Crippen LogP contribution in [-0.4, -0.2) is 47.9 Å². The van der Waals surface area contributed by atoms with E-state index in [0.29, 0.717) is 19.4 Å². The van der Waals surface area contributed by atoms with Crippen LogP contribution >= 0.6 is 0 Å². The number of piperidine rings is 1. The standard InChI is InChI=1S/C15H24N4O3/c1-3-22-13(20)12(2)11-17-14(21)15(5-8-16-9-6-15)19-10-4-7-18-19/h4,7,10,12,16H,3,5-6,8-9,11H2,1-2H3,(H,17,21). The molecule has 22 heavy (non-hydrogen) atoms. The molecule has 0 aliphatic carbocycles. The zero-order chi connectivity index (χ0) is 16.0. The largest absolute Gasteiger partial charge is 0.466 e. The van der Waals surface area contributed by atoms with Crippen molar-refractivity contribution in [2.45, 2.75) is 32.2 Å². The Hall–Kier alpha value is -1.89. The van der Waals surface area contributed by atoms with Gasteiger partial charge in [0, 0.05) is 18.9 Å². The summed E-state index contributed by atoms with van der Waals surface area (Å²) in [6, 6.07) is 1.82. The summed E-state index contributed by atoms with van der Waals surface area (Å²) in [6.07, 6.45) is 4.85. The fraction of sp³-hybridized carbons (Fsp3) is 0.667. The van der Waals surface area contributed by atoms with Gasteiger partial charge in [0.05, 0.1) is 12.5 Å². The quantitative estimate of drug-likeness (QED) is 0.737. The topological polar surface area (TPSA) is 85.2 Å². The predicted octanol–water partition coefficient (Wildman–Crippen LogP) is 0.277. The molecule has 0 aromatic carbocycles. The maximum Gasteiger partial charge on any atom is 0.310 e. The third-order valence-corrected chi connectivity index (χ3v) is 4.05. The Balaban J connectivity index is 2.03. The summed E-state index contributed by atoms with van der Waals surface area (Å²) in [5.74, 6) is -0.740. The van der Waals surface area contributed by atoms with E-state index in [9.17, 15) is 9.59 Å². The molecule has 1 aliphatic rings. The molecule has 1 amide bonds. The molecular weight excluding hydrogens is 284 g/mol. The third-order valence-electron chi connectivity index (χ3n) is 4.05. The van der Waals surface area contributed by atoms with Gasteiger partial charge in [-0.25, -0.2) is 0 Å². The number of rotatable bonds is 6. The lowest BCUT2D eigenvalue weighted by Gasteiger charge is -2.36. The van der Waals surface area contributed by atoms with Crippen LogP contribution in [0.4, 0.5) is 0 Å². The molecule has 1 aliphatic heterocycles. The molecule has 2 N–H and O–H groups in total. The van der Waals surface area contributed by atoms with Crippen LogP contribution in [0, 0.1) is 5.92 Å². The van der Waals surface area contributed by atoms with Gasteiger partial charge >= 0.3 is 5.97 Å². The minimum Gasteiger partial charge on any atom is -0.466 e. The number of ether oxygens (including phenoxy) is 1. The second-order valence-electron chi connectivity index (χ2n) is 5.60. The fourth-order valence-electron chi connectivity index (χ4n) is 2.70. The molecule has 1 saturated heterocycles. The molecule has 122 valence electrons. The lowest BCUT2D eigenvalue weighted by molar-refractivity contribution is -0.147. The average Bonchev–Trinajstić information content (AvgIpc) is 3.08. The molecule has 7 heteroatoms. The van der Waals surface area contributed by atoms with Gasteiger partial charge in [-0.2, -0.15) is 5.10 Å². The predicted molar refractivity (Wildman–Crippen MR) is 81.1 cm³/mol. The molecule has 1 atom stereocenters. The van der Waals surface area contributed by atoms with Crippen molar-refractivity contribution in [3.63, 3.8) is 0 Å². The Morgan fingerprint density at radius 1 is 1.45 bits per heavy atom. The normalized spacial score (nSPS) is 18.5. The highest BCUT2D eigenvalue weighted by atomic mass is 16.5. The summed E-state index contributed by atoms with van der Waals surface area (Å²) < 4.78 is 6.70. The van der Waals surface area contributed by atoms with Gasteiger partial charge in [-0.05, 0) is 38.9 Å². The summed E-state index contributed by atoms with van der Waals surface area (Å²) in [7, 11) is 0. The third kappa shape index (κ3) is 3.47. The lowest BCUT2D eigenvalue weighted by Crippen LogP contribution is -2.55. The lowest BCUT2D eigenvalue weighted by atomic mass is 9.87. The molecule has 2 heterocycles. The van der Waals surface area contributed by atoms with E-state index in [1.807, 2.05) is 12.3 Å². The monoisotopic (exact) mass is 308 g/mol. The molecule has 0 bridgehead atoms. The Labute approximate surface area is 130 Å². The van der Waals surface area contributed by atoms with Crippen LogP contribution in [0.5, 0.6) is 0 Å². The zero-order valence-electron chi connectivity index (χ0n) is 13.2. The van der Waals surface area contributed by atoms with Crippen molar-refractivity contribution >= 4 is 11.9 Å². The van der Waals surface area contributed by atoms with Crippen molar-refractivity contribution in [2.75, 3.05) is 26.2 Å². The Kier molecular flexibility index (Phi) is 5.54. The minimum atomic E-state index is -0.677. The number of hydrogen-bond donors (Lipinski definition) is 2. The van der Waals surface area contributed by atoms with Crippen LogP contribution < -0.4 is 10.6 Å². The first-order valence-corrected chi connectivity index (χ1v) is 7.76. The first-order valence-electron chi connectivity index (χ1n) is 7.76. The number of carbonyl (C=O) groups excluding carboxylic acids is 2. The molecule has 0 saturated carbocycles. The number of aromatic nitrogens is 2. The van der Waals surface area contributed by atoms with Gasteiger partial charge in [-0.15, -0.1) is 0 Å². The van der Waals surface area contributed by atoms with E-state index in [2.05, 4.69) is 15.7 Å². The van der Waals surface area contributed by atoms with Crippen molar-refractivity contribution in [2.24, 2.45) is 5.92 Å². The number of nitrogens with one attached hydrogen (secondary N) is 2. The van der Waals surface area contributed by atoms with E-state index in [1.54, 1.807) is 24.7 Å². The molecule has 7 nitrogen and oxygen atoms in total. The number of esters is 1. The Morgan fingerprint density at radius 3 is 2.77 bits per heavy atom. The number of carbonyl (C=O) groups is 2. The van der Waals surface area contributed by atoms with Crippen molar-refractivity contribution in [3.05, 3.63) is 18.5 Å². The van der Waals surface area contributed by atoms with E-state index in [4.69, 9.17) is 4.74 Å². The molecule has 0 spiro atoms. The summed E-state index contributed by atoms with van der Waals surface area (Å²) >= 11 is 0. The van der Waals surface area contributed by atoms with Gasteiger partial charge in [-0.3, -0.25) is 14.3 Å². The van der Waals surface area contributed by atoms with Crippen LogP contribution in [0.25, 0.3) is 0 Å². The van der Waals surface area contributed by atoms with E-state index in [0.717, 1.165) is 13.1 Å². The van der Waals surface area contributed by atoms with E-state index in [1.165, 1.54) is 0 Å². The molecular formula is C15H24N4O3. The van der Waals surface area contributed by atoms with Crippen molar-refractivity contribution in [1.82, 2.24) is 20.4 Å². The Bertz CT molecular complexity index is 495. The van der Waals surface area contributed by atoms with Crippen molar-refractivity contribution in [3.8, 4) is 0 Å². The summed E-state index contributed by atoms with van der Waals surface area (Å²) in [5.41, 5.74) is -0.677. The molecule has 2 rings (SSSR count). The van der Waals surface area contributed by atoms with Gasteiger partial charge in [0.15, 0.2) is 0 Å². The average molecular weight is 308 g/mol. The van der Waals surface area contributed by atoms with Gasteiger partial charge < -0.3 is 15.4 Å². The van der Waals surface area contributed by atoms with Crippen LogP contribution in [0.15, 0.2) is 18.5 Å². The van der Waals surface area contributed by atoms with Crippen molar-refractivity contribution in [1.29, 1.82) is 0 Å². The van der Waals surface area contributed by atoms with E-state index in [-0.39, 0.29) is 24.3 Å². The molecule has 1 unspecified atom stereocenters. The highest BCUT2D eigenvalue weighted by molar-refractivity contribution is 5.85. The maximum absolute atomic E-state index is 12.8. The van der Waals surface area contributed by atoms with Crippen LogP contribution in [-0.2, 0) is 19.9 Å². The number of nitrogens with zero attached hydrogens (tertiary/aromatic N) is 2. The highest BCUT2D eigenvalue weighted by Gasteiger charge is 2.42. The molecule has 0 radical (unpaired) electrons. The molecule has 1 fully saturated rings.